The molecule has 0 aliphatic heterocycles. The largest absolute Gasteiger partial charge is 0.461 e. The van der Waals surface area contributed by atoms with E-state index in [4.69, 9.17) is 9.84 Å². The standard InChI is InChI=1S/C12H16INO3/c1-14(6-8-15)7-9-17-12(16)10-2-4-11(13)5-3-10/h2-5,15H,6-9H2,1H3. The first-order chi connectivity index (χ1) is 8.13. The maximum absolute atomic E-state index is 11.6. The van der Waals surface area contributed by atoms with Crippen molar-refractivity contribution in [3.05, 3.63) is 33.4 Å². The number of ether oxygens (including phenoxy) is 1. The lowest BCUT2D eigenvalue weighted by atomic mass is 10.2. The van der Waals surface area contributed by atoms with Gasteiger partial charge in [0, 0.05) is 16.7 Å². The molecule has 4 nitrogen and oxygen atoms in total. The quantitative estimate of drug-likeness (QED) is 0.623. The van der Waals surface area contributed by atoms with E-state index >= 15 is 0 Å². The summed E-state index contributed by atoms with van der Waals surface area (Å²) in [5.74, 6) is -0.307. The van der Waals surface area contributed by atoms with Crippen molar-refractivity contribution in [2.45, 2.75) is 0 Å². The van der Waals surface area contributed by atoms with Crippen LogP contribution < -0.4 is 0 Å². The Bertz CT molecular complexity index is 353. The lowest BCUT2D eigenvalue weighted by Gasteiger charge is -2.14. The summed E-state index contributed by atoms with van der Waals surface area (Å²) >= 11 is 2.18. The zero-order valence-electron chi connectivity index (χ0n) is 9.73. The van der Waals surface area contributed by atoms with Gasteiger partial charge in [-0.2, -0.15) is 0 Å². The van der Waals surface area contributed by atoms with E-state index in [9.17, 15) is 4.79 Å². The highest BCUT2D eigenvalue weighted by molar-refractivity contribution is 14.1. The monoisotopic (exact) mass is 349 g/mol. The zero-order chi connectivity index (χ0) is 12.7. The Balaban J connectivity index is 2.32. The fourth-order valence-corrected chi connectivity index (χ4v) is 1.61. The summed E-state index contributed by atoms with van der Waals surface area (Å²) in [6.07, 6.45) is 0. The summed E-state index contributed by atoms with van der Waals surface area (Å²) in [6, 6.07) is 7.24. The highest BCUT2D eigenvalue weighted by Crippen LogP contribution is 2.07. The number of aliphatic hydroxyl groups excluding tert-OH is 1. The molecule has 17 heavy (non-hydrogen) atoms. The molecule has 0 heterocycles. The molecule has 94 valence electrons. The number of aliphatic hydroxyl groups is 1. The van der Waals surface area contributed by atoms with Crippen molar-refractivity contribution in [2.24, 2.45) is 0 Å². The molecule has 0 saturated heterocycles. The molecule has 0 bridgehead atoms. The van der Waals surface area contributed by atoms with Gasteiger partial charge in [-0.25, -0.2) is 4.79 Å². The van der Waals surface area contributed by atoms with Crippen LogP contribution in [0.15, 0.2) is 24.3 Å². The zero-order valence-corrected chi connectivity index (χ0v) is 11.9. The van der Waals surface area contributed by atoms with Crippen molar-refractivity contribution in [3.63, 3.8) is 0 Å². The molecule has 0 atom stereocenters. The number of esters is 1. The van der Waals surface area contributed by atoms with Crippen molar-refractivity contribution < 1.29 is 14.6 Å². The van der Waals surface area contributed by atoms with E-state index in [1.807, 2.05) is 24.1 Å². The smallest absolute Gasteiger partial charge is 0.338 e. The molecule has 0 saturated carbocycles. The van der Waals surface area contributed by atoms with Crippen LogP contribution in [0.5, 0.6) is 0 Å². The van der Waals surface area contributed by atoms with Gasteiger partial charge in [0.25, 0.3) is 0 Å². The van der Waals surface area contributed by atoms with Crippen LogP contribution in [0.4, 0.5) is 0 Å². The summed E-state index contributed by atoms with van der Waals surface area (Å²) in [5, 5.41) is 8.70. The maximum Gasteiger partial charge on any atom is 0.338 e. The SMILES string of the molecule is CN(CCO)CCOC(=O)c1ccc(I)cc1. The normalized spacial score (nSPS) is 10.6. The number of halogens is 1. The molecule has 1 aromatic carbocycles. The minimum absolute atomic E-state index is 0.113. The van der Waals surface area contributed by atoms with Gasteiger partial charge >= 0.3 is 5.97 Å². The first kappa shape index (κ1) is 14.4. The minimum Gasteiger partial charge on any atom is -0.461 e. The fraction of sp³-hybridized carbons (Fsp3) is 0.417. The Kier molecular flexibility index (Phi) is 6.46. The van der Waals surface area contributed by atoms with Gasteiger partial charge in [0.1, 0.15) is 6.61 Å². The van der Waals surface area contributed by atoms with Crippen LogP contribution in [0.1, 0.15) is 10.4 Å². The second-order valence-electron chi connectivity index (χ2n) is 3.67. The molecular formula is C12H16INO3. The van der Waals surface area contributed by atoms with Crippen LogP contribution in [0.3, 0.4) is 0 Å². The van der Waals surface area contributed by atoms with E-state index in [0.29, 0.717) is 25.3 Å². The van der Waals surface area contributed by atoms with Crippen LogP contribution in [0, 0.1) is 3.57 Å². The molecule has 1 N–H and O–H groups in total. The van der Waals surface area contributed by atoms with E-state index in [0.717, 1.165) is 3.57 Å². The van der Waals surface area contributed by atoms with E-state index in [1.165, 1.54) is 0 Å². The topological polar surface area (TPSA) is 49.8 Å². The second kappa shape index (κ2) is 7.62. The minimum atomic E-state index is -0.307. The number of carbonyl (C=O) groups is 1. The summed E-state index contributed by atoms with van der Waals surface area (Å²) in [7, 11) is 1.87. The van der Waals surface area contributed by atoms with Gasteiger partial charge in [0.15, 0.2) is 0 Å². The molecule has 0 aliphatic carbocycles. The average molecular weight is 349 g/mol. The Morgan fingerprint density at radius 2 is 2.00 bits per heavy atom. The number of rotatable bonds is 6. The van der Waals surface area contributed by atoms with Crippen molar-refractivity contribution in [1.29, 1.82) is 0 Å². The highest BCUT2D eigenvalue weighted by Gasteiger charge is 2.06. The number of carbonyl (C=O) groups excluding carboxylic acids is 1. The third-order valence-electron chi connectivity index (χ3n) is 2.27. The molecule has 0 radical (unpaired) electrons. The third kappa shape index (κ3) is 5.47. The van der Waals surface area contributed by atoms with Gasteiger partial charge in [-0.05, 0) is 53.9 Å². The van der Waals surface area contributed by atoms with Gasteiger partial charge in [0.05, 0.1) is 12.2 Å². The van der Waals surface area contributed by atoms with Crippen LogP contribution >= 0.6 is 22.6 Å². The van der Waals surface area contributed by atoms with Gasteiger partial charge in [-0.1, -0.05) is 0 Å². The van der Waals surface area contributed by atoms with Crippen molar-refractivity contribution in [1.82, 2.24) is 4.90 Å². The summed E-state index contributed by atoms with van der Waals surface area (Å²) in [6.45, 7) is 1.65. The Labute approximate surface area is 115 Å². The van der Waals surface area contributed by atoms with Crippen molar-refractivity contribution in [3.8, 4) is 0 Å². The van der Waals surface area contributed by atoms with E-state index in [1.54, 1.807) is 12.1 Å². The highest BCUT2D eigenvalue weighted by atomic mass is 127. The molecular weight excluding hydrogens is 333 g/mol. The molecule has 0 spiro atoms. The molecule has 0 aromatic heterocycles. The molecule has 0 fully saturated rings. The van der Waals surface area contributed by atoms with Gasteiger partial charge in [-0.15, -0.1) is 0 Å². The van der Waals surface area contributed by atoms with Gasteiger partial charge in [-0.3, -0.25) is 0 Å². The fourth-order valence-electron chi connectivity index (χ4n) is 1.25. The second-order valence-corrected chi connectivity index (χ2v) is 4.92. The molecule has 0 aliphatic rings. The number of nitrogens with zero attached hydrogens (tertiary/aromatic N) is 1. The Morgan fingerprint density at radius 1 is 1.35 bits per heavy atom. The first-order valence-electron chi connectivity index (χ1n) is 5.35. The molecule has 0 amide bonds. The number of likely N-dealkylation sites (N-methyl/N-ethyl adjacent to an activating group) is 1. The average Bonchev–Trinajstić information content (AvgIpc) is 2.30. The number of hydrogen-bond acceptors (Lipinski definition) is 4. The van der Waals surface area contributed by atoms with Gasteiger partial charge in [0.2, 0.25) is 0 Å². The summed E-state index contributed by atoms with van der Waals surface area (Å²) < 4.78 is 6.21. The Morgan fingerprint density at radius 3 is 2.59 bits per heavy atom. The predicted molar refractivity (Wildman–Crippen MR) is 74.0 cm³/mol. The van der Waals surface area contributed by atoms with Crippen LogP contribution in [0.2, 0.25) is 0 Å². The van der Waals surface area contributed by atoms with Crippen LogP contribution in [-0.2, 0) is 4.74 Å². The van der Waals surface area contributed by atoms with Gasteiger partial charge < -0.3 is 14.7 Å². The lowest BCUT2D eigenvalue weighted by Crippen LogP contribution is -2.27. The Hall–Kier alpha value is -0.660. The number of benzene rings is 1. The summed E-state index contributed by atoms with van der Waals surface area (Å²) in [4.78, 5) is 13.5. The molecule has 5 heteroatoms. The van der Waals surface area contributed by atoms with Crippen LogP contribution in [0.25, 0.3) is 0 Å². The van der Waals surface area contributed by atoms with E-state index in [-0.39, 0.29) is 12.6 Å². The van der Waals surface area contributed by atoms with E-state index in [2.05, 4.69) is 22.6 Å². The van der Waals surface area contributed by atoms with E-state index < -0.39 is 0 Å². The molecule has 1 rings (SSSR count). The van der Waals surface area contributed by atoms with Crippen molar-refractivity contribution >= 4 is 28.6 Å². The summed E-state index contributed by atoms with van der Waals surface area (Å²) in [5.41, 5.74) is 0.565. The maximum atomic E-state index is 11.6. The lowest BCUT2D eigenvalue weighted by molar-refractivity contribution is 0.0467. The first-order valence-corrected chi connectivity index (χ1v) is 6.43. The van der Waals surface area contributed by atoms with Crippen molar-refractivity contribution in [2.75, 3.05) is 33.4 Å². The predicted octanol–water partition coefficient (Wildman–Crippen LogP) is 1.37. The number of hydrogen-bond donors (Lipinski definition) is 1. The molecule has 1 aromatic rings. The third-order valence-corrected chi connectivity index (χ3v) is 2.99. The molecule has 0 unspecified atom stereocenters. The van der Waals surface area contributed by atoms with Crippen LogP contribution in [-0.4, -0.2) is 49.3 Å².